The second-order valence-electron chi connectivity index (χ2n) is 7.18. The summed E-state index contributed by atoms with van der Waals surface area (Å²) in [5.41, 5.74) is 2.24. The van der Waals surface area contributed by atoms with Crippen LogP contribution in [0.4, 0.5) is 0 Å². The van der Waals surface area contributed by atoms with Crippen LogP contribution in [0.25, 0.3) is 5.70 Å². The minimum absolute atomic E-state index is 0.0662. The van der Waals surface area contributed by atoms with Gasteiger partial charge in [-0.05, 0) is 24.3 Å². The lowest BCUT2D eigenvalue weighted by Gasteiger charge is -2.35. The molecule has 0 radical (unpaired) electrons. The molecule has 4 rings (SSSR count). The van der Waals surface area contributed by atoms with Crippen LogP contribution >= 0.6 is 23.2 Å². The van der Waals surface area contributed by atoms with Gasteiger partial charge in [0.1, 0.15) is 6.54 Å². The predicted molar refractivity (Wildman–Crippen MR) is 115 cm³/mol. The third kappa shape index (κ3) is 3.68. The van der Waals surface area contributed by atoms with Crippen molar-refractivity contribution in [1.82, 2.24) is 14.7 Å². The van der Waals surface area contributed by atoms with Gasteiger partial charge in [0.05, 0.1) is 10.6 Å². The van der Waals surface area contributed by atoms with E-state index in [-0.39, 0.29) is 24.3 Å². The number of hydrogen-bond acceptors (Lipinski definition) is 3. The first kappa shape index (κ1) is 20.4. The third-order valence-corrected chi connectivity index (χ3v) is 5.96. The van der Waals surface area contributed by atoms with Gasteiger partial charge in [-0.2, -0.15) is 0 Å². The first-order chi connectivity index (χ1) is 14.4. The number of benzene rings is 2. The molecular formula is C22H19Cl2N3O3. The van der Waals surface area contributed by atoms with Gasteiger partial charge in [0.25, 0.3) is 11.8 Å². The van der Waals surface area contributed by atoms with E-state index >= 15 is 0 Å². The Morgan fingerprint density at radius 1 is 0.933 bits per heavy atom. The van der Waals surface area contributed by atoms with Crippen molar-refractivity contribution >= 4 is 46.6 Å². The molecule has 1 fully saturated rings. The Labute approximate surface area is 184 Å². The summed E-state index contributed by atoms with van der Waals surface area (Å²) in [4.78, 5) is 42.9. The second kappa shape index (κ2) is 8.13. The van der Waals surface area contributed by atoms with Gasteiger partial charge in [-0.3, -0.25) is 19.3 Å². The molecule has 2 aliphatic heterocycles. The van der Waals surface area contributed by atoms with Crippen LogP contribution in [0.3, 0.4) is 0 Å². The summed E-state index contributed by atoms with van der Waals surface area (Å²) in [7, 11) is 0. The molecule has 8 heteroatoms. The van der Waals surface area contributed by atoms with Gasteiger partial charge >= 0.3 is 0 Å². The van der Waals surface area contributed by atoms with Crippen LogP contribution < -0.4 is 0 Å². The van der Waals surface area contributed by atoms with Gasteiger partial charge in [0.2, 0.25) is 5.91 Å². The number of amides is 3. The van der Waals surface area contributed by atoms with E-state index < -0.39 is 0 Å². The van der Waals surface area contributed by atoms with E-state index in [1.165, 1.54) is 11.0 Å². The predicted octanol–water partition coefficient (Wildman–Crippen LogP) is 3.40. The molecule has 0 N–H and O–H groups in total. The summed E-state index contributed by atoms with van der Waals surface area (Å²) in [5, 5.41) is 0.767. The Hall–Kier alpha value is -2.83. The van der Waals surface area contributed by atoms with E-state index in [4.69, 9.17) is 23.2 Å². The molecule has 2 heterocycles. The highest BCUT2D eigenvalue weighted by atomic mass is 35.5. The molecule has 2 aliphatic rings. The first-order valence-electron chi connectivity index (χ1n) is 9.49. The van der Waals surface area contributed by atoms with Gasteiger partial charge in [-0.25, -0.2) is 0 Å². The monoisotopic (exact) mass is 443 g/mol. The zero-order chi connectivity index (χ0) is 21.4. The van der Waals surface area contributed by atoms with Crippen LogP contribution in [0.5, 0.6) is 0 Å². The van der Waals surface area contributed by atoms with Crippen LogP contribution in [-0.2, 0) is 4.79 Å². The van der Waals surface area contributed by atoms with Gasteiger partial charge in [0, 0.05) is 48.0 Å². The molecular weight excluding hydrogens is 425 g/mol. The molecule has 0 unspecified atom stereocenters. The van der Waals surface area contributed by atoms with Crippen LogP contribution in [0.1, 0.15) is 26.3 Å². The molecule has 6 nitrogen and oxygen atoms in total. The lowest BCUT2D eigenvalue weighted by Crippen LogP contribution is -2.52. The largest absolute Gasteiger partial charge is 0.338 e. The van der Waals surface area contributed by atoms with Crippen molar-refractivity contribution in [2.75, 3.05) is 32.7 Å². The normalized spacial score (nSPS) is 16.1. The average molecular weight is 444 g/mol. The van der Waals surface area contributed by atoms with E-state index in [9.17, 15) is 14.4 Å². The maximum atomic E-state index is 12.8. The number of hydrogen-bond donors (Lipinski definition) is 0. The van der Waals surface area contributed by atoms with Gasteiger partial charge in [-0.1, -0.05) is 48.0 Å². The number of rotatable bonds is 3. The number of fused-ring (bicyclic) bond motifs is 1. The molecule has 0 atom stereocenters. The quantitative estimate of drug-likeness (QED) is 0.729. The lowest BCUT2D eigenvalue weighted by atomic mass is 10.1. The van der Waals surface area contributed by atoms with Crippen molar-refractivity contribution in [3.8, 4) is 0 Å². The molecule has 0 aliphatic carbocycles. The number of nitrogens with zero attached hydrogens (tertiary/aromatic N) is 3. The molecule has 154 valence electrons. The van der Waals surface area contributed by atoms with Crippen LogP contribution in [0.15, 0.2) is 49.0 Å². The van der Waals surface area contributed by atoms with Crippen LogP contribution in [0.2, 0.25) is 10.0 Å². The number of halogens is 2. The molecule has 3 amide bonds. The minimum Gasteiger partial charge on any atom is -0.338 e. The van der Waals surface area contributed by atoms with Gasteiger partial charge < -0.3 is 9.80 Å². The van der Waals surface area contributed by atoms with Gasteiger partial charge in [-0.15, -0.1) is 0 Å². The lowest BCUT2D eigenvalue weighted by molar-refractivity contribution is -0.132. The molecule has 1 saturated heterocycles. The topological polar surface area (TPSA) is 60.9 Å². The Bertz CT molecular complexity index is 1030. The SMILES string of the molecule is C=C1c2ccccc2C(=O)N1CC(=O)N1CCN(C(=O)c2ccc(Cl)cc2Cl)CC1. The van der Waals surface area contributed by atoms with E-state index in [2.05, 4.69) is 6.58 Å². The van der Waals surface area contributed by atoms with E-state index in [1.54, 1.807) is 34.1 Å². The summed E-state index contributed by atoms with van der Waals surface area (Å²) in [6, 6.07) is 12.0. The number of carbonyl (C=O) groups is 3. The molecule has 0 spiro atoms. The Balaban J connectivity index is 1.37. The standard InChI is InChI=1S/C22H19Cl2N3O3/c1-14-16-4-2-3-5-17(16)22(30)27(14)13-20(28)25-8-10-26(11-9-25)21(29)18-7-6-15(23)12-19(18)24/h2-7,12H,1,8-11,13H2. The molecule has 0 aromatic heterocycles. The van der Waals surface area contributed by atoms with Crippen molar-refractivity contribution < 1.29 is 14.4 Å². The molecule has 2 aromatic carbocycles. The van der Waals surface area contributed by atoms with Crippen LogP contribution in [0, 0.1) is 0 Å². The zero-order valence-corrected chi connectivity index (χ0v) is 17.6. The van der Waals surface area contributed by atoms with Crippen molar-refractivity contribution in [2.24, 2.45) is 0 Å². The number of carbonyl (C=O) groups excluding carboxylic acids is 3. The zero-order valence-electron chi connectivity index (χ0n) is 16.1. The van der Waals surface area contributed by atoms with E-state index in [1.807, 2.05) is 12.1 Å². The van der Waals surface area contributed by atoms with Crippen LogP contribution in [-0.4, -0.2) is 65.1 Å². The third-order valence-electron chi connectivity index (χ3n) is 5.41. The number of piperazine rings is 1. The Morgan fingerprint density at radius 3 is 2.20 bits per heavy atom. The smallest absolute Gasteiger partial charge is 0.259 e. The Kier molecular flexibility index (Phi) is 5.54. The van der Waals surface area contributed by atoms with E-state index in [0.717, 1.165) is 5.56 Å². The first-order valence-corrected chi connectivity index (χ1v) is 10.2. The fourth-order valence-corrected chi connectivity index (χ4v) is 4.22. The highest BCUT2D eigenvalue weighted by Crippen LogP contribution is 2.31. The average Bonchev–Trinajstić information content (AvgIpc) is 2.98. The molecule has 2 aromatic rings. The fraction of sp³-hybridized carbons (Fsp3) is 0.227. The maximum absolute atomic E-state index is 12.8. The van der Waals surface area contributed by atoms with Crippen molar-refractivity contribution in [1.29, 1.82) is 0 Å². The molecule has 0 bridgehead atoms. The molecule has 0 saturated carbocycles. The van der Waals surface area contributed by atoms with Crippen molar-refractivity contribution in [3.05, 3.63) is 75.8 Å². The van der Waals surface area contributed by atoms with E-state index in [0.29, 0.717) is 53.0 Å². The summed E-state index contributed by atoms with van der Waals surface area (Å²) in [6.45, 7) is 5.45. The van der Waals surface area contributed by atoms with Crippen molar-refractivity contribution in [3.63, 3.8) is 0 Å². The summed E-state index contributed by atoms with van der Waals surface area (Å²) in [6.07, 6.45) is 0. The maximum Gasteiger partial charge on any atom is 0.259 e. The summed E-state index contributed by atoms with van der Waals surface area (Å²) in [5.74, 6) is -0.577. The highest BCUT2D eigenvalue weighted by Gasteiger charge is 2.34. The Morgan fingerprint density at radius 2 is 1.57 bits per heavy atom. The summed E-state index contributed by atoms with van der Waals surface area (Å²) >= 11 is 12.0. The second-order valence-corrected chi connectivity index (χ2v) is 8.02. The summed E-state index contributed by atoms with van der Waals surface area (Å²) < 4.78 is 0. The fourth-order valence-electron chi connectivity index (χ4n) is 3.73. The molecule has 30 heavy (non-hydrogen) atoms. The minimum atomic E-state index is -0.213. The highest BCUT2D eigenvalue weighted by molar-refractivity contribution is 6.36. The van der Waals surface area contributed by atoms with Crippen molar-refractivity contribution in [2.45, 2.75) is 0 Å². The van der Waals surface area contributed by atoms with Gasteiger partial charge in [0.15, 0.2) is 0 Å².